The lowest BCUT2D eigenvalue weighted by atomic mass is 10.8. The molecule has 2 nitrogen and oxygen atoms in total. The summed E-state index contributed by atoms with van der Waals surface area (Å²) in [5.74, 6) is 0. The number of methoxy groups -OCH3 is 2. The zero-order chi connectivity index (χ0) is 13.7. The molecule has 0 bridgehead atoms. The highest BCUT2D eigenvalue weighted by Gasteiger charge is 2.35. The molecule has 0 radical (unpaired) electrons. The monoisotopic (exact) mass is 294 g/mol. The lowest BCUT2D eigenvalue weighted by Gasteiger charge is -2.35. The normalized spacial score (nSPS) is 16.9. The number of rotatable bonds is 8. The Bertz CT molecular complexity index is 190. The van der Waals surface area contributed by atoms with E-state index < -0.39 is 16.1 Å². The van der Waals surface area contributed by atoms with Gasteiger partial charge in [-0.05, 0) is 0 Å². The summed E-state index contributed by atoms with van der Waals surface area (Å²) in [4.78, 5) is 1.33. The van der Waals surface area contributed by atoms with Crippen LogP contribution in [0.15, 0.2) is 0 Å². The Labute approximate surface area is 114 Å². The third-order valence-corrected chi connectivity index (χ3v) is 13.1. The second-order valence-corrected chi connectivity index (χ2v) is 19.9. The van der Waals surface area contributed by atoms with Crippen LogP contribution in [0.3, 0.4) is 0 Å². The minimum atomic E-state index is -1.17. The van der Waals surface area contributed by atoms with Crippen LogP contribution in [0.2, 0.25) is 39.3 Å². The molecule has 0 N–H and O–H groups in total. The maximum atomic E-state index is 5.41. The van der Waals surface area contributed by atoms with Crippen LogP contribution >= 0.6 is 11.8 Å². The molecule has 0 aromatic heterocycles. The first-order valence-electron chi connectivity index (χ1n) is 6.26. The quantitative estimate of drug-likeness (QED) is 0.638. The van der Waals surface area contributed by atoms with Gasteiger partial charge >= 0.3 is 0 Å². The lowest BCUT2D eigenvalue weighted by molar-refractivity contribution is 0.206. The summed E-state index contributed by atoms with van der Waals surface area (Å²) in [5, 5.41) is 0. The Hall–Kier alpha value is 0.704. The van der Waals surface area contributed by atoms with Crippen LogP contribution in [0.5, 0.6) is 0 Å². The van der Waals surface area contributed by atoms with Crippen molar-refractivity contribution in [1.82, 2.24) is 0 Å². The summed E-state index contributed by atoms with van der Waals surface area (Å²) in [5.41, 5.74) is 0. The van der Waals surface area contributed by atoms with Crippen molar-refractivity contribution in [3.8, 4) is 0 Å². The molecule has 0 amide bonds. The fourth-order valence-electron chi connectivity index (χ4n) is 1.49. The Morgan fingerprint density at radius 3 is 1.24 bits per heavy atom. The van der Waals surface area contributed by atoms with Crippen molar-refractivity contribution in [1.29, 1.82) is 0 Å². The second-order valence-electron chi connectivity index (χ2n) is 6.76. The number of ether oxygens (including phenoxy) is 2. The molecule has 5 heteroatoms. The first kappa shape index (κ1) is 17.7. The molecule has 0 fully saturated rings. The van der Waals surface area contributed by atoms with E-state index >= 15 is 0 Å². The summed E-state index contributed by atoms with van der Waals surface area (Å²) < 4.78 is 10.8. The highest BCUT2D eigenvalue weighted by atomic mass is 32.2. The number of thioether (sulfide) groups is 1. The number of hydrogen-bond acceptors (Lipinski definition) is 3. The number of hydrogen-bond donors (Lipinski definition) is 0. The van der Waals surface area contributed by atoms with Gasteiger partial charge in [0.05, 0.1) is 29.4 Å². The zero-order valence-corrected chi connectivity index (χ0v) is 15.6. The zero-order valence-electron chi connectivity index (χ0n) is 12.8. The van der Waals surface area contributed by atoms with Crippen LogP contribution in [0.1, 0.15) is 0 Å². The SMILES string of the molecule is COCC(SC(COC)[Si](C)(C)C)[Si](C)(C)C. The van der Waals surface area contributed by atoms with Gasteiger partial charge in [-0.2, -0.15) is 11.8 Å². The largest absolute Gasteiger partial charge is 0.384 e. The van der Waals surface area contributed by atoms with E-state index in [1.165, 1.54) is 0 Å². The average Bonchev–Trinajstić information content (AvgIpc) is 2.12. The molecule has 0 heterocycles. The van der Waals surface area contributed by atoms with E-state index in [0.29, 0.717) is 9.75 Å². The minimum Gasteiger partial charge on any atom is -0.384 e. The standard InChI is InChI=1S/C12H30O2SSi2/c1-13-9-11(16(3,4)5)15-12(10-14-2)17(6,7)8/h11-12H,9-10H2,1-8H3. The summed E-state index contributed by atoms with van der Waals surface area (Å²) in [6, 6.07) is 0. The predicted octanol–water partition coefficient (Wildman–Crippen LogP) is 3.50. The molecule has 0 aliphatic carbocycles. The maximum Gasteiger partial charge on any atom is 0.0616 e. The third-order valence-electron chi connectivity index (χ3n) is 2.90. The van der Waals surface area contributed by atoms with E-state index in [1.54, 1.807) is 0 Å². The van der Waals surface area contributed by atoms with Gasteiger partial charge in [-0.3, -0.25) is 0 Å². The Morgan fingerprint density at radius 1 is 0.765 bits per heavy atom. The average molecular weight is 295 g/mol. The van der Waals surface area contributed by atoms with Crippen LogP contribution in [0.4, 0.5) is 0 Å². The topological polar surface area (TPSA) is 18.5 Å². The fraction of sp³-hybridized carbons (Fsp3) is 1.00. The summed E-state index contributed by atoms with van der Waals surface area (Å²) in [7, 11) is 1.28. The molecule has 0 rings (SSSR count). The Balaban J connectivity index is 4.68. The van der Waals surface area contributed by atoms with Gasteiger partial charge in [-0.1, -0.05) is 39.3 Å². The van der Waals surface area contributed by atoms with Crippen LogP contribution in [-0.4, -0.2) is 53.3 Å². The van der Waals surface area contributed by atoms with Crippen molar-refractivity contribution >= 4 is 27.9 Å². The molecule has 0 aliphatic rings. The van der Waals surface area contributed by atoms with Gasteiger partial charge in [0, 0.05) is 24.0 Å². The first-order chi connectivity index (χ1) is 7.62. The van der Waals surface area contributed by atoms with Gasteiger partial charge in [0.25, 0.3) is 0 Å². The third kappa shape index (κ3) is 7.01. The van der Waals surface area contributed by atoms with Crippen LogP contribution in [0.25, 0.3) is 0 Å². The van der Waals surface area contributed by atoms with Gasteiger partial charge in [-0.15, -0.1) is 0 Å². The Kier molecular flexibility index (Phi) is 7.63. The molecule has 104 valence electrons. The van der Waals surface area contributed by atoms with Crippen molar-refractivity contribution in [2.45, 2.75) is 49.0 Å². The molecule has 0 aromatic rings. The molecule has 0 saturated carbocycles. The highest BCUT2D eigenvalue weighted by molar-refractivity contribution is 8.03. The van der Waals surface area contributed by atoms with E-state index in [4.69, 9.17) is 9.47 Å². The molecule has 0 saturated heterocycles. The van der Waals surface area contributed by atoms with E-state index in [1.807, 2.05) is 14.2 Å². The van der Waals surface area contributed by atoms with Gasteiger partial charge in [-0.25, -0.2) is 0 Å². The minimum absolute atomic E-state index is 0.666. The highest BCUT2D eigenvalue weighted by Crippen LogP contribution is 2.31. The molecule has 2 atom stereocenters. The van der Waals surface area contributed by atoms with E-state index in [2.05, 4.69) is 51.0 Å². The summed E-state index contributed by atoms with van der Waals surface area (Å²) >= 11 is 2.13. The molecule has 2 unspecified atom stereocenters. The predicted molar refractivity (Wildman–Crippen MR) is 85.6 cm³/mol. The van der Waals surface area contributed by atoms with Crippen LogP contribution in [0, 0.1) is 0 Å². The molecule has 0 aliphatic heterocycles. The Morgan fingerprint density at radius 2 is 1.06 bits per heavy atom. The van der Waals surface area contributed by atoms with Crippen molar-refractivity contribution in [2.24, 2.45) is 0 Å². The van der Waals surface area contributed by atoms with Crippen molar-refractivity contribution in [3.05, 3.63) is 0 Å². The van der Waals surface area contributed by atoms with Crippen molar-refractivity contribution < 1.29 is 9.47 Å². The molecule has 0 aromatic carbocycles. The van der Waals surface area contributed by atoms with E-state index in [0.717, 1.165) is 13.2 Å². The van der Waals surface area contributed by atoms with E-state index in [-0.39, 0.29) is 0 Å². The lowest BCUT2D eigenvalue weighted by Crippen LogP contribution is -2.46. The first-order valence-corrected chi connectivity index (χ1v) is 14.4. The summed E-state index contributed by atoms with van der Waals surface area (Å²) in [6.45, 7) is 16.3. The smallest absolute Gasteiger partial charge is 0.0616 e. The molecular weight excluding hydrogens is 264 g/mol. The van der Waals surface area contributed by atoms with Crippen molar-refractivity contribution in [3.63, 3.8) is 0 Å². The van der Waals surface area contributed by atoms with Crippen LogP contribution < -0.4 is 0 Å². The molecule has 17 heavy (non-hydrogen) atoms. The van der Waals surface area contributed by atoms with Crippen molar-refractivity contribution in [2.75, 3.05) is 27.4 Å². The second kappa shape index (κ2) is 7.33. The van der Waals surface area contributed by atoms with Gasteiger partial charge < -0.3 is 9.47 Å². The van der Waals surface area contributed by atoms with Gasteiger partial charge in [0.2, 0.25) is 0 Å². The van der Waals surface area contributed by atoms with Crippen LogP contribution in [-0.2, 0) is 9.47 Å². The van der Waals surface area contributed by atoms with Gasteiger partial charge in [0.1, 0.15) is 0 Å². The van der Waals surface area contributed by atoms with Gasteiger partial charge in [0.15, 0.2) is 0 Å². The maximum absolute atomic E-state index is 5.41. The molecular formula is C12H30O2SSi2. The van der Waals surface area contributed by atoms with E-state index in [9.17, 15) is 0 Å². The summed E-state index contributed by atoms with van der Waals surface area (Å²) in [6.07, 6.45) is 0. The molecule has 0 spiro atoms. The fourth-order valence-corrected chi connectivity index (χ4v) is 8.31.